The Morgan fingerprint density at radius 2 is 2.33 bits per heavy atom. The second kappa shape index (κ2) is 4.29. The highest BCUT2D eigenvalue weighted by atomic mass is 19.1. The van der Waals surface area contributed by atoms with Crippen LogP contribution in [0.3, 0.4) is 0 Å². The summed E-state index contributed by atoms with van der Waals surface area (Å²) in [6, 6.07) is 0. The lowest BCUT2D eigenvalue weighted by Crippen LogP contribution is -1.65. The summed E-state index contributed by atoms with van der Waals surface area (Å²) in [5, 5.41) is 9.16. The Morgan fingerprint density at radius 1 is 1.67 bits per heavy atom. The molecule has 0 heterocycles. The molecule has 0 aromatic rings. The summed E-state index contributed by atoms with van der Waals surface area (Å²) in [5.41, 5.74) is 0. The number of alkyl halides is 1. The second-order valence-electron chi connectivity index (χ2n) is 0.718. The minimum absolute atomic E-state index is 0.0729. The van der Waals surface area contributed by atoms with Crippen LogP contribution in [0, 0.1) is 12.0 Å². The zero-order valence-electron chi connectivity index (χ0n) is 3.20. The van der Waals surface area contributed by atoms with Crippen molar-refractivity contribution in [1.82, 2.24) is 0 Å². The van der Waals surface area contributed by atoms with Crippen LogP contribution in [-0.2, 0) is 5.11 Å². The lowest BCUT2D eigenvalue weighted by atomic mass is 10.5. The van der Waals surface area contributed by atoms with Gasteiger partial charge in [-0.1, -0.05) is 5.92 Å². The first-order chi connectivity index (χ1) is 2.91. The van der Waals surface area contributed by atoms with Crippen LogP contribution in [0.15, 0.2) is 0 Å². The largest absolute Gasteiger partial charge is 0.250 e. The minimum atomic E-state index is -0.519. The lowest BCUT2D eigenvalue weighted by molar-refractivity contribution is 0.390. The van der Waals surface area contributed by atoms with Gasteiger partial charge in [0, 0.05) is 6.42 Å². The second-order valence-corrected chi connectivity index (χ2v) is 0.718. The summed E-state index contributed by atoms with van der Waals surface area (Å²) in [5.74, 6) is 2.02. The predicted molar refractivity (Wildman–Crippen MR) is 19.1 cm³/mol. The third-order valence-corrected chi connectivity index (χ3v) is 0.292. The Hall–Kier alpha value is -0.710. The van der Waals surface area contributed by atoms with E-state index in [0.29, 0.717) is 0 Å². The van der Waals surface area contributed by atoms with Gasteiger partial charge in [0.15, 0.2) is 6.11 Å². The van der Waals surface area contributed by atoms with Gasteiger partial charge in [0.2, 0.25) is 0 Å². The van der Waals surface area contributed by atoms with Gasteiger partial charge in [-0.15, -0.1) is 0 Å². The molecule has 33 valence electrons. The first-order valence-electron chi connectivity index (χ1n) is 1.57. The summed E-state index contributed by atoms with van der Waals surface area (Å²) in [6.45, 7) is -0.519. The van der Waals surface area contributed by atoms with Gasteiger partial charge < -0.3 is 0 Å². The van der Waals surface area contributed by atoms with E-state index >= 15 is 0 Å². The average Bonchev–Trinajstić information content (AvgIpc) is 1.61. The molecule has 1 nitrogen and oxygen atoms in total. The van der Waals surface area contributed by atoms with E-state index in [1.54, 1.807) is 0 Å². The highest BCUT2D eigenvalue weighted by Gasteiger charge is 1.69. The van der Waals surface area contributed by atoms with E-state index in [0.717, 1.165) is 0 Å². The Balaban J connectivity index is 2.79. The van der Waals surface area contributed by atoms with Gasteiger partial charge in [-0.3, -0.25) is 4.39 Å². The zero-order valence-corrected chi connectivity index (χ0v) is 3.20. The number of hydrogen-bond donors (Lipinski definition) is 0. The first-order valence-corrected chi connectivity index (χ1v) is 1.57. The van der Waals surface area contributed by atoms with Crippen molar-refractivity contribution in [1.29, 1.82) is 0 Å². The van der Waals surface area contributed by atoms with Crippen LogP contribution in [-0.4, -0.2) is 6.67 Å². The third kappa shape index (κ3) is 3.29. The molecule has 0 N–H and O–H groups in total. The van der Waals surface area contributed by atoms with E-state index in [-0.39, 0.29) is 6.42 Å². The van der Waals surface area contributed by atoms with Crippen molar-refractivity contribution in [2.75, 3.05) is 6.67 Å². The van der Waals surface area contributed by atoms with Crippen LogP contribution < -0.4 is 0 Å². The quantitative estimate of drug-likeness (QED) is 0.420. The average molecular weight is 87.1 g/mol. The molecule has 0 atom stereocenters. The fourth-order valence-corrected chi connectivity index (χ4v) is 0.0983. The molecule has 0 bridgehead atoms. The lowest BCUT2D eigenvalue weighted by Gasteiger charge is -1.66. The third-order valence-electron chi connectivity index (χ3n) is 0.292. The maximum Gasteiger partial charge on any atom is 0.172 e. The van der Waals surface area contributed by atoms with E-state index in [1.807, 2.05) is 5.92 Å². The molecule has 0 rings (SSSR count). The van der Waals surface area contributed by atoms with Gasteiger partial charge in [0.05, 0.1) is 0 Å². The molecule has 0 saturated heterocycles. The number of halogens is 1. The van der Waals surface area contributed by atoms with Gasteiger partial charge in [-0.25, -0.2) is 5.11 Å². The van der Waals surface area contributed by atoms with Crippen molar-refractivity contribution >= 4 is 0 Å². The normalized spacial score (nSPS) is 6.17. The summed E-state index contributed by atoms with van der Waals surface area (Å²) in [4.78, 5) is 0. The molecule has 0 fully saturated rings. The van der Waals surface area contributed by atoms with E-state index in [2.05, 4.69) is 0 Å². The van der Waals surface area contributed by atoms with Gasteiger partial charge in [0.1, 0.15) is 6.67 Å². The molecule has 0 aliphatic heterocycles. The van der Waals surface area contributed by atoms with E-state index in [4.69, 9.17) is 5.11 Å². The van der Waals surface area contributed by atoms with Crippen LogP contribution >= 0.6 is 0 Å². The molecule has 0 spiro atoms. The molecule has 0 aliphatic rings. The molecule has 0 aromatic carbocycles. The zero-order chi connectivity index (χ0) is 4.83. The maximum absolute atomic E-state index is 10.9. The summed E-state index contributed by atoms with van der Waals surface area (Å²) in [6.07, 6.45) is 1.40. The summed E-state index contributed by atoms with van der Waals surface area (Å²) >= 11 is 0. The molecule has 0 amide bonds. The van der Waals surface area contributed by atoms with Crippen molar-refractivity contribution < 1.29 is 9.50 Å². The molecule has 0 aliphatic carbocycles. The summed E-state index contributed by atoms with van der Waals surface area (Å²) < 4.78 is 10.9. The van der Waals surface area contributed by atoms with Crippen LogP contribution in [0.5, 0.6) is 0 Å². The van der Waals surface area contributed by atoms with E-state index in [9.17, 15) is 4.39 Å². The highest BCUT2D eigenvalue weighted by Crippen LogP contribution is 1.72. The van der Waals surface area contributed by atoms with Gasteiger partial charge in [0.25, 0.3) is 0 Å². The van der Waals surface area contributed by atoms with Crippen molar-refractivity contribution in [3.05, 3.63) is 0 Å². The molecule has 1 radical (unpaired) electrons. The molecular formula is C4H4FO. The number of hydrogen-bond acceptors (Lipinski definition) is 0. The summed E-state index contributed by atoms with van der Waals surface area (Å²) in [7, 11) is 0. The molecule has 2 heteroatoms. The molecule has 0 aromatic heterocycles. The smallest absolute Gasteiger partial charge is 0.172 e. The number of rotatable bonds is 1. The monoisotopic (exact) mass is 87.0 g/mol. The van der Waals surface area contributed by atoms with Gasteiger partial charge in [-0.2, -0.15) is 0 Å². The standard InChI is InChI=1S/C4H4FO/c5-3-1-2-4-6/h1,3H2. The molecule has 6 heavy (non-hydrogen) atoms. The van der Waals surface area contributed by atoms with Crippen molar-refractivity contribution in [3.8, 4) is 12.0 Å². The van der Waals surface area contributed by atoms with Gasteiger partial charge >= 0.3 is 0 Å². The van der Waals surface area contributed by atoms with Gasteiger partial charge in [-0.05, 0) is 0 Å². The Labute approximate surface area is 35.8 Å². The van der Waals surface area contributed by atoms with Crippen LogP contribution in [0.25, 0.3) is 0 Å². The topological polar surface area (TPSA) is 19.9 Å². The molecule has 0 saturated carbocycles. The first kappa shape index (κ1) is 5.29. The Kier molecular flexibility index (Phi) is 3.78. The van der Waals surface area contributed by atoms with Crippen molar-refractivity contribution in [3.63, 3.8) is 0 Å². The van der Waals surface area contributed by atoms with E-state index in [1.165, 1.54) is 6.11 Å². The van der Waals surface area contributed by atoms with Crippen molar-refractivity contribution in [2.24, 2.45) is 0 Å². The Morgan fingerprint density at radius 3 is 2.50 bits per heavy atom. The fraction of sp³-hybridized carbons (Fsp3) is 0.500. The SMILES string of the molecule is [O]C#CCCF. The maximum atomic E-state index is 10.9. The van der Waals surface area contributed by atoms with Crippen LogP contribution in [0.2, 0.25) is 0 Å². The van der Waals surface area contributed by atoms with Crippen LogP contribution in [0.1, 0.15) is 6.42 Å². The Bertz CT molecular complexity index is 69.4. The van der Waals surface area contributed by atoms with Crippen LogP contribution in [0.4, 0.5) is 4.39 Å². The minimum Gasteiger partial charge on any atom is -0.250 e. The van der Waals surface area contributed by atoms with Crippen molar-refractivity contribution in [2.45, 2.75) is 6.42 Å². The van der Waals surface area contributed by atoms with E-state index < -0.39 is 6.67 Å². The highest BCUT2D eigenvalue weighted by molar-refractivity contribution is 4.88. The molecular weight excluding hydrogens is 83.0 g/mol. The predicted octanol–water partition coefficient (Wildman–Crippen LogP) is 0.737. The fourth-order valence-electron chi connectivity index (χ4n) is 0.0983. The molecule has 0 unspecified atom stereocenters.